The maximum absolute atomic E-state index is 13.1. The Balaban J connectivity index is 1.80. The Bertz CT molecular complexity index is 942. The largest absolute Gasteiger partial charge is 0.444 e. The second-order valence-electron chi connectivity index (χ2n) is 5.81. The minimum absolute atomic E-state index is 0.118. The van der Waals surface area contributed by atoms with E-state index >= 15 is 0 Å². The van der Waals surface area contributed by atoms with Gasteiger partial charge in [0.1, 0.15) is 11.6 Å². The summed E-state index contributed by atoms with van der Waals surface area (Å²) in [6.07, 6.45) is 0. The van der Waals surface area contributed by atoms with Crippen molar-refractivity contribution in [3.8, 4) is 0 Å². The first-order chi connectivity index (χ1) is 12.5. The Morgan fingerprint density at radius 1 is 1.04 bits per heavy atom. The Hall–Kier alpha value is -3.28. The topological polar surface area (TPSA) is 72.2 Å². The number of halogens is 1. The van der Waals surface area contributed by atoms with Crippen LogP contribution in [-0.2, 0) is 6.54 Å². The van der Waals surface area contributed by atoms with Gasteiger partial charge in [-0.1, -0.05) is 18.2 Å². The third kappa shape index (κ3) is 3.69. The number of amides is 1. The molecule has 132 valence electrons. The van der Waals surface area contributed by atoms with Crippen molar-refractivity contribution in [2.75, 3.05) is 0 Å². The summed E-state index contributed by atoms with van der Waals surface area (Å²) in [6.45, 7) is 3.73. The molecule has 0 fully saturated rings. The van der Waals surface area contributed by atoms with Crippen LogP contribution < -0.4 is 5.32 Å². The highest BCUT2D eigenvalue weighted by Crippen LogP contribution is 2.16. The fraction of sp³-hybridized carbons (Fsp3) is 0.150. The number of ketones is 1. The molecule has 0 unspecified atom stereocenters. The van der Waals surface area contributed by atoms with E-state index in [2.05, 4.69) is 10.3 Å². The first-order valence-corrected chi connectivity index (χ1v) is 8.06. The third-order valence-corrected chi connectivity index (χ3v) is 4.00. The number of nitrogens with one attached hydrogen (secondary N) is 1. The van der Waals surface area contributed by atoms with Gasteiger partial charge in [-0.3, -0.25) is 9.59 Å². The quantitative estimate of drug-likeness (QED) is 0.712. The summed E-state index contributed by atoms with van der Waals surface area (Å²) in [5.74, 6) is -0.0935. The number of nitrogens with zero attached hydrogens (tertiary/aromatic N) is 1. The van der Waals surface area contributed by atoms with E-state index in [1.54, 1.807) is 31.2 Å². The van der Waals surface area contributed by atoms with Gasteiger partial charge >= 0.3 is 0 Å². The number of hydrogen-bond donors (Lipinski definition) is 1. The normalized spacial score (nSPS) is 10.6. The van der Waals surface area contributed by atoms with Crippen LogP contribution in [0.25, 0.3) is 0 Å². The molecule has 0 saturated carbocycles. The molecule has 0 spiro atoms. The molecule has 3 aromatic rings. The molecular formula is C20H17FN2O3. The van der Waals surface area contributed by atoms with Gasteiger partial charge in [-0.25, -0.2) is 9.37 Å². The molecule has 0 bridgehead atoms. The molecule has 3 rings (SSSR count). The molecule has 5 nitrogen and oxygen atoms in total. The third-order valence-electron chi connectivity index (χ3n) is 4.00. The molecule has 0 atom stereocenters. The maximum atomic E-state index is 13.1. The van der Waals surface area contributed by atoms with Crippen molar-refractivity contribution in [3.63, 3.8) is 0 Å². The summed E-state index contributed by atoms with van der Waals surface area (Å²) >= 11 is 0. The lowest BCUT2D eigenvalue weighted by Gasteiger charge is -2.09. The van der Waals surface area contributed by atoms with Gasteiger partial charge in [-0.2, -0.15) is 0 Å². The number of benzene rings is 2. The molecule has 0 aliphatic carbocycles. The Morgan fingerprint density at radius 3 is 2.31 bits per heavy atom. The molecule has 0 radical (unpaired) electrons. The van der Waals surface area contributed by atoms with Gasteiger partial charge in [-0.05, 0) is 44.2 Å². The maximum Gasteiger partial charge on any atom is 0.252 e. The van der Waals surface area contributed by atoms with Gasteiger partial charge < -0.3 is 9.73 Å². The van der Waals surface area contributed by atoms with E-state index in [1.807, 2.05) is 6.92 Å². The first-order valence-electron chi connectivity index (χ1n) is 8.06. The molecule has 1 heterocycles. The van der Waals surface area contributed by atoms with E-state index in [1.165, 1.54) is 24.3 Å². The summed E-state index contributed by atoms with van der Waals surface area (Å²) in [4.78, 5) is 29.4. The van der Waals surface area contributed by atoms with Crippen molar-refractivity contribution < 1.29 is 18.4 Å². The summed E-state index contributed by atoms with van der Waals surface area (Å²) in [5, 5.41) is 2.70. The number of aromatic nitrogens is 1. The zero-order valence-electron chi connectivity index (χ0n) is 14.4. The highest BCUT2D eigenvalue weighted by molar-refractivity contribution is 6.15. The van der Waals surface area contributed by atoms with E-state index in [9.17, 15) is 14.0 Å². The van der Waals surface area contributed by atoms with Gasteiger partial charge in [0.05, 0.1) is 17.8 Å². The summed E-state index contributed by atoms with van der Waals surface area (Å²) < 4.78 is 18.5. The SMILES string of the molecule is Cc1nc(CNC(=O)c2ccccc2C(=O)c2ccc(F)cc2)oc1C. The van der Waals surface area contributed by atoms with Crippen LogP contribution in [0.3, 0.4) is 0 Å². The van der Waals surface area contributed by atoms with Gasteiger partial charge in [-0.15, -0.1) is 0 Å². The minimum atomic E-state index is -0.427. The molecule has 2 aromatic carbocycles. The van der Waals surface area contributed by atoms with Gasteiger partial charge in [0.2, 0.25) is 5.89 Å². The predicted molar refractivity (Wildman–Crippen MR) is 93.4 cm³/mol. The number of oxazole rings is 1. The van der Waals surface area contributed by atoms with Crippen molar-refractivity contribution in [1.29, 1.82) is 0 Å². The second-order valence-corrected chi connectivity index (χ2v) is 5.81. The fourth-order valence-corrected chi connectivity index (χ4v) is 2.50. The minimum Gasteiger partial charge on any atom is -0.444 e. The second kappa shape index (κ2) is 7.31. The van der Waals surface area contributed by atoms with E-state index < -0.39 is 11.7 Å². The lowest BCUT2D eigenvalue weighted by Crippen LogP contribution is -2.25. The lowest BCUT2D eigenvalue weighted by molar-refractivity contribution is 0.0936. The lowest BCUT2D eigenvalue weighted by atomic mass is 9.98. The number of carbonyl (C=O) groups is 2. The Kier molecular flexibility index (Phi) is 4.93. The van der Waals surface area contributed by atoms with Crippen LogP contribution in [0.15, 0.2) is 52.9 Å². The molecular weight excluding hydrogens is 335 g/mol. The van der Waals surface area contributed by atoms with Crippen molar-refractivity contribution in [2.45, 2.75) is 20.4 Å². The van der Waals surface area contributed by atoms with Crippen LogP contribution in [0.4, 0.5) is 4.39 Å². The summed E-state index contributed by atoms with van der Waals surface area (Å²) in [7, 11) is 0. The number of carbonyl (C=O) groups excluding carboxylic acids is 2. The van der Waals surface area contributed by atoms with Crippen molar-refractivity contribution in [2.24, 2.45) is 0 Å². The van der Waals surface area contributed by atoms with Crippen molar-refractivity contribution in [3.05, 3.63) is 88.4 Å². The van der Waals surface area contributed by atoms with E-state index in [0.717, 1.165) is 5.69 Å². The van der Waals surface area contributed by atoms with E-state index in [0.29, 0.717) is 17.2 Å². The Labute approximate surface area is 149 Å². The number of rotatable bonds is 5. The molecule has 26 heavy (non-hydrogen) atoms. The van der Waals surface area contributed by atoms with Crippen LogP contribution in [0.2, 0.25) is 0 Å². The fourth-order valence-electron chi connectivity index (χ4n) is 2.50. The monoisotopic (exact) mass is 352 g/mol. The molecule has 0 aliphatic rings. The van der Waals surface area contributed by atoms with Crippen LogP contribution >= 0.6 is 0 Å². The van der Waals surface area contributed by atoms with Crippen LogP contribution in [0.5, 0.6) is 0 Å². The van der Waals surface area contributed by atoms with Crippen LogP contribution in [0, 0.1) is 19.7 Å². The Morgan fingerprint density at radius 2 is 1.69 bits per heavy atom. The molecule has 0 saturated heterocycles. The van der Waals surface area contributed by atoms with E-state index in [-0.39, 0.29) is 23.5 Å². The standard InChI is InChI=1S/C20H17FN2O3/c1-12-13(2)26-18(23-12)11-22-20(25)17-6-4-3-5-16(17)19(24)14-7-9-15(21)10-8-14/h3-10H,11H2,1-2H3,(H,22,25). The summed E-state index contributed by atoms with van der Waals surface area (Å²) in [5.41, 5.74) is 1.56. The average Bonchev–Trinajstić information content (AvgIpc) is 2.97. The van der Waals surface area contributed by atoms with Crippen molar-refractivity contribution >= 4 is 11.7 Å². The number of hydrogen-bond acceptors (Lipinski definition) is 4. The predicted octanol–water partition coefficient (Wildman–Crippen LogP) is 3.59. The smallest absolute Gasteiger partial charge is 0.252 e. The van der Waals surface area contributed by atoms with E-state index in [4.69, 9.17) is 4.42 Å². The van der Waals surface area contributed by atoms with Crippen LogP contribution in [-0.4, -0.2) is 16.7 Å². The molecule has 1 aromatic heterocycles. The van der Waals surface area contributed by atoms with Gasteiger partial charge in [0.25, 0.3) is 5.91 Å². The summed E-state index contributed by atoms with van der Waals surface area (Å²) in [6, 6.07) is 11.7. The highest BCUT2D eigenvalue weighted by atomic mass is 19.1. The van der Waals surface area contributed by atoms with Gasteiger partial charge in [0, 0.05) is 11.1 Å². The zero-order valence-corrected chi connectivity index (χ0v) is 14.4. The first kappa shape index (κ1) is 17.5. The van der Waals surface area contributed by atoms with Crippen molar-refractivity contribution in [1.82, 2.24) is 10.3 Å². The zero-order chi connectivity index (χ0) is 18.7. The molecule has 6 heteroatoms. The number of aryl methyl sites for hydroxylation is 2. The van der Waals surface area contributed by atoms with Crippen LogP contribution in [0.1, 0.15) is 43.6 Å². The average molecular weight is 352 g/mol. The highest BCUT2D eigenvalue weighted by Gasteiger charge is 2.18. The molecule has 1 N–H and O–H groups in total. The molecule has 1 amide bonds. The molecule has 0 aliphatic heterocycles. The van der Waals surface area contributed by atoms with Gasteiger partial charge in [0.15, 0.2) is 5.78 Å².